The van der Waals surface area contributed by atoms with Gasteiger partial charge in [-0.05, 0) is 40.5 Å². The zero-order valence-corrected chi connectivity index (χ0v) is 12.4. The van der Waals surface area contributed by atoms with Crippen LogP contribution in [0, 0.1) is 12.7 Å². The molecule has 0 aromatic heterocycles. The fraction of sp³-hybridized carbons (Fsp3) is 0.250. The second kappa shape index (κ2) is 7.02. The molecule has 0 aliphatic rings. The van der Waals surface area contributed by atoms with E-state index >= 15 is 0 Å². The maximum absolute atomic E-state index is 13.2. The summed E-state index contributed by atoms with van der Waals surface area (Å²) < 4.78 is 13.4. The van der Waals surface area contributed by atoms with E-state index in [4.69, 9.17) is 10.2 Å². The number of carbonyl (C=O) groups is 3. The molecule has 4 N–H and O–H groups in total. The highest BCUT2D eigenvalue weighted by molar-refractivity contribution is 9.10. The van der Waals surface area contributed by atoms with Gasteiger partial charge in [-0.2, -0.15) is 0 Å². The van der Waals surface area contributed by atoms with Crippen LogP contribution in [0.5, 0.6) is 0 Å². The maximum Gasteiger partial charge on any atom is 0.326 e. The summed E-state index contributed by atoms with van der Waals surface area (Å²) in [6.07, 6.45) is -0.755. The molecule has 21 heavy (non-hydrogen) atoms. The number of benzene rings is 1. The summed E-state index contributed by atoms with van der Waals surface area (Å²) >= 11 is 2.96. The van der Waals surface area contributed by atoms with Crippen LogP contribution in [-0.2, 0) is 9.59 Å². The minimum atomic E-state index is -1.56. The Balaban J connectivity index is 2.79. The number of urea groups is 1. The number of rotatable bonds is 5. The van der Waals surface area contributed by atoms with Gasteiger partial charge < -0.3 is 20.8 Å². The van der Waals surface area contributed by atoms with E-state index in [0.717, 1.165) is 0 Å². The summed E-state index contributed by atoms with van der Waals surface area (Å²) in [6, 6.07) is 0.0417. The van der Waals surface area contributed by atoms with E-state index in [1.807, 2.05) is 5.32 Å². The third-order valence-electron chi connectivity index (χ3n) is 2.50. The smallest absolute Gasteiger partial charge is 0.326 e. The molecular weight excluding hydrogens is 351 g/mol. The third-order valence-corrected chi connectivity index (χ3v) is 3.11. The van der Waals surface area contributed by atoms with Gasteiger partial charge in [-0.15, -0.1) is 0 Å². The van der Waals surface area contributed by atoms with E-state index in [1.54, 1.807) is 6.92 Å². The summed E-state index contributed by atoms with van der Waals surface area (Å²) in [6.45, 7) is 1.55. The van der Waals surface area contributed by atoms with E-state index in [9.17, 15) is 18.8 Å². The Morgan fingerprint density at radius 1 is 1.33 bits per heavy atom. The molecular formula is C12H12BrFN2O5. The molecule has 1 aromatic carbocycles. The number of carboxylic acid groups (broad SMARTS) is 2. The third kappa shape index (κ3) is 5.03. The Labute approximate surface area is 127 Å². The van der Waals surface area contributed by atoms with Crippen molar-refractivity contribution in [2.75, 3.05) is 5.32 Å². The van der Waals surface area contributed by atoms with Crippen LogP contribution in [0.3, 0.4) is 0 Å². The van der Waals surface area contributed by atoms with Crippen LogP contribution in [0.4, 0.5) is 14.9 Å². The van der Waals surface area contributed by atoms with Crippen molar-refractivity contribution in [1.82, 2.24) is 5.32 Å². The van der Waals surface area contributed by atoms with E-state index in [-0.39, 0.29) is 10.2 Å². The first-order valence-electron chi connectivity index (χ1n) is 5.68. The molecule has 0 heterocycles. The zero-order valence-electron chi connectivity index (χ0n) is 10.8. The highest BCUT2D eigenvalue weighted by Crippen LogP contribution is 2.24. The molecule has 0 saturated carbocycles. The predicted octanol–water partition coefficient (Wildman–Crippen LogP) is 1.95. The average molecular weight is 363 g/mol. The van der Waals surface area contributed by atoms with Gasteiger partial charge in [-0.25, -0.2) is 14.0 Å². The maximum atomic E-state index is 13.2. The van der Waals surface area contributed by atoms with Crippen LogP contribution in [0.25, 0.3) is 0 Å². The Hall–Kier alpha value is -2.16. The van der Waals surface area contributed by atoms with Gasteiger partial charge >= 0.3 is 18.0 Å². The van der Waals surface area contributed by atoms with Crippen LogP contribution in [0.15, 0.2) is 16.6 Å². The molecule has 1 atom stereocenters. The van der Waals surface area contributed by atoms with Crippen molar-refractivity contribution in [3.63, 3.8) is 0 Å². The number of hydrogen-bond acceptors (Lipinski definition) is 3. The van der Waals surface area contributed by atoms with Crippen molar-refractivity contribution >= 4 is 39.6 Å². The highest BCUT2D eigenvalue weighted by atomic mass is 79.9. The predicted molar refractivity (Wildman–Crippen MR) is 74.7 cm³/mol. The molecule has 2 amide bonds. The molecule has 0 aliphatic heterocycles. The van der Waals surface area contributed by atoms with Gasteiger partial charge in [0, 0.05) is 5.69 Å². The van der Waals surface area contributed by atoms with E-state index < -0.39 is 36.2 Å². The summed E-state index contributed by atoms with van der Waals surface area (Å²) in [4.78, 5) is 33.0. The molecule has 0 aliphatic carbocycles. The lowest BCUT2D eigenvalue weighted by Gasteiger charge is -2.14. The zero-order chi connectivity index (χ0) is 16.2. The topological polar surface area (TPSA) is 116 Å². The summed E-state index contributed by atoms with van der Waals surface area (Å²) in [5, 5.41) is 21.7. The van der Waals surface area contributed by atoms with Crippen LogP contribution in [0.1, 0.15) is 12.0 Å². The number of carboxylic acids is 2. The van der Waals surface area contributed by atoms with E-state index in [0.29, 0.717) is 5.56 Å². The molecule has 0 spiro atoms. The van der Waals surface area contributed by atoms with Crippen molar-refractivity contribution in [2.24, 2.45) is 0 Å². The summed E-state index contributed by atoms with van der Waals surface area (Å²) in [5.74, 6) is -3.33. The number of hydrogen-bond donors (Lipinski definition) is 4. The first-order valence-corrected chi connectivity index (χ1v) is 6.47. The lowest BCUT2D eigenvalue weighted by molar-refractivity contribution is -0.145. The number of nitrogens with one attached hydrogen (secondary N) is 2. The summed E-state index contributed by atoms with van der Waals surface area (Å²) in [5.41, 5.74) is 0.691. The molecule has 0 fully saturated rings. The Morgan fingerprint density at radius 3 is 2.48 bits per heavy atom. The molecule has 7 nitrogen and oxygen atoms in total. The molecule has 1 aromatic rings. The lowest BCUT2D eigenvalue weighted by Crippen LogP contribution is -2.44. The van der Waals surface area contributed by atoms with Crippen LogP contribution in [0.2, 0.25) is 0 Å². The number of carbonyl (C=O) groups excluding carboxylic acids is 1. The fourth-order valence-corrected chi connectivity index (χ4v) is 1.82. The fourth-order valence-electron chi connectivity index (χ4n) is 1.47. The molecule has 1 rings (SSSR count). The first-order chi connectivity index (χ1) is 9.70. The van der Waals surface area contributed by atoms with Crippen LogP contribution in [-0.4, -0.2) is 34.2 Å². The standard InChI is InChI=1S/C12H12BrFN2O5/c1-5-2-7(14)6(13)3-8(5)15-12(21)16-9(11(19)20)4-10(17)18/h2-3,9H,4H2,1H3,(H,17,18)(H,19,20)(H2,15,16,21)/t9-/m0/s1. The second-order valence-electron chi connectivity index (χ2n) is 4.17. The molecule has 0 bridgehead atoms. The van der Waals surface area contributed by atoms with Crippen LogP contribution < -0.4 is 10.6 Å². The van der Waals surface area contributed by atoms with Gasteiger partial charge in [-0.3, -0.25) is 4.79 Å². The lowest BCUT2D eigenvalue weighted by atomic mass is 10.2. The quantitative estimate of drug-likeness (QED) is 0.638. The van der Waals surface area contributed by atoms with Gasteiger partial charge in [0.25, 0.3) is 0 Å². The largest absolute Gasteiger partial charge is 0.481 e. The number of anilines is 1. The van der Waals surface area contributed by atoms with Gasteiger partial charge in [-0.1, -0.05) is 0 Å². The Bertz CT molecular complexity index is 593. The normalized spacial score (nSPS) is 11.6. The minimum Gasteiger partial charge on any atom is -0.481 e. The van der Waals surface area contributed by atoms with Crippen molar-refractivity contribution in [3.05, 3.63) is 28.0 Å². The first kappa shape index (κ1) is 16.9. The summed E-state index contributed by atoms with van der Waals surface area (Å²) in [7, 11) is 0. The Morgan fingerprint density at radius 2 is 1.95 bits per heavy atom. The van der Waals surface area contributed by atoms with Crippen molar-refractivity contribution in [1.29, 1.82) is 0 Å². The van der Waals surface area contributed by atoms with Crippen molar-refractivity contribution in [2.45, 2.75) is 19.4 Å². The van der Waals surface area contributed by atoms with Gasteiger partial charge in [0.05, 0.1) is 10.9 Å². The Kier molecular flexibility index (Phi) is 5.65. The number of aryl methyl sites for hydroxylation is 1. The molecule has 114 valence electrons. The average Bonchev–Trinajstić information content (AvgIpc) is 2.34. The number of halogens is 2. The van der Waals surface area contributed by atoms with E-state index in [2.05, 4.69) is 21.2 Å². The molecule has 0 saturated heterocycles. The minimum absolute atomic E-state index is 0.128. The monoisotopic (exact) mass is 362 g/mol. The van der Waals surface area contributed by atoms with E-state index in [1.165, 1.54) is 12.1 Å². The number of aliphatic carboxylic acids is 2. The van der Waals surface area contributed by atoms with Crippen LogP contribution >= 0.6 is 15.9 Å². The number of amides is 2. The van der Waals surface area contributed by atoms with Crippen molar-refractivity contribution < 1.29 is 29.0 Å². The SMILES string of the molecule is Cc1cc(F)c(Br)cc1NC(=O)N[C@@H](CC(=O)O)C(=O)O. The van der Waals surface area contributed by atoms with Crippen molar-refractivity contribution in [3.8, 4) is 0 Å². The van der Waals surface area contributed by atoms with Gasteiger partial charge in [0.1, 0.15) is 11.9 Å². The van der Waals surface area contributed by atoms with Gasteiger partial charge in [0.2, 0.25) is 0 Å². The second-order valence-corrected chi connectivity index (χ2v) is 5.02. The molecule has 0 unspecified atom stereocenters. The van der Waals surface area contributed by atoms with Gasteiger partial charge in [0.15, 0.2) is 0 Å². The highest BCUT2D eigenvalue weighted by Gasteiger charge is 2.23. The molecule has 0 radical (unpaired) electrons. The molecule has 9 heteroatoms.